The summed E-state index contributed by atoms with van der Waals surface area (Å²) < 4.78 is 2.08. The van der Waals surface area contributed by atoms with Crippen molar-refractivity contribution in [2.24, 2.45) is 0 Å². The zero-order valence-electron chi connectivity index (χ0n) is 9.37. The lowest BCUT2D eigenvalue weighted by Gasteiger charge is -2.05. The van der Waals surface area contributed by atoms with Crippen LogP contribution in [0, 0.1) is 0 Å². The van der Waals surface area contributed by atoms with Crippen LogP contribution in [0.2, 0.25) is 0 Å². The van der Waals surface area contributed by atoms with Gasteiger partial charge in [0.25, 0.3) is 0 Å². The quantitative estimate of drug-likeness (QED) is 0.802. The van der Waals surface area contributed by atoms with Crippen LogP contribution in [0.1, 0.15) is 19.3 Å². The first-order chi connectivity index (χ1) is 8.27. The van der Waals surface area contributed by atoms with Crippen LogP contribution in [0.15, 0.2) is 29.9 Å². The highest BCUT2D eigenvalue weighted by atomic mass is 32.1. The SMILES string of the molecule is O=C(O)CCCCn1ccnc1-c1cccs1. The maximum Gasteiger partial charge on any atom is 0.303 e. The molecule has 0 aliphatic carbocycles. The molecular weight excluding hydrogens is 236 g/mol. The minimum Gasteiger partial charge on any atom is -0.481 e. The second-order valence-electron chi connectivity index (χ2n) is 3.77. The lowest BCUT2D eigenvalue weighted by atomic mass is 10.2. The number of carboxylic acid groups (broad SMARTS) is 1. The standard InChI is InChI=1S/C12H14N2O2S/c15-11(16)5-1-2-7-14-8-6-13-12(14)10-4-3-9-17-10/h3-4,6,8-9H,1-2,5,7H2,(H,15,16). The van der Waals surface area contributed by atoms with Gasteiger partial charge >= 0.3 is 5.97 Å². The number of carbonyl (C=O) groups is 1. The van der Waals surface area contributed by atoms with Crippen LogP contribution in [0.25, 0.3) is 10.7 Å². The third-order valence-corrected chi connectivity index (χ3v) is 3.36. The van der Waals surface area contributed by atoms with Crippen molar-refractivity contribution in [2.75, 3.05) is 0 Å². The molecule has 0 radical (unpaired) electrons. The smallest absolute Gasteiger partial charge is 0.303 e. The van der Waals surface area contributed by atoms with E-state index in [1.807, 2.05) is 23.7 Å². The average molecular weight is 250 g/mol. The number of hydrogen-bond donors (Lipinski definition) is 1. The molecule has 2 rings (SSSR count). The van der Waals surface area contributed by atoms with Gasteiger partial charge in [-0.15, -0.1) is 11.3 Å². The molecule has 0 atom stereocenters. The number of imidazole rings is 1. The summed E-state index contributed by atoms with van der Waals surface area (Å²) in [6.45, 7) is 0.820. The fraction of sp³-hybridized carbons (Fsp3) is 0.333. The topological polar surface area (TPSA) is 55.1 Å². The second-order valence-corrected chi connectivity index (χ2v) is 4.72. The Morgan fingerprint density at radius 3 is 3.06 bits per heavy atom. The molecule has 17 heavy (non-hydrogen) atoms. The fourth-order valence-electron chi connectivity index (χ4n) is 1.68. The molecule has 0 aromatic carbocycles. The van der Waals surface area contributed by atoms with Gasteiger partial charge in [-0.3, -0.25) is 4.79 Å². The number of carboxylic acids is 1. The largest absolute Gasteiger partial charge is 0.481 e. The first-order valence-electron chi connectivity index (χ1n) is 5.54. The van der Waals surface area contributed by atoms with E-state index in [0.29, 0.717) is 6.42 Å². The summed E-state index contributed by atoms with van der Waals surface area (Å²) in [5, 5.41) is 10.6. The van der Waals surface area contributed by atoms with Crippen molar-refractivity contribution in [1.29, 1.82) is 0 Å². The summed E-state index contributed by atoms with van der Waals surface area (Å²) in [5.41, 5.74) is 0. The highest BCUT2D eigenvalue weighted by Crippen LogP contribution is 2.23. The minimum absolute atomic E-state index is 0.239. The Morgan fingerprint density at radius 1 is 1.47 bits per heavy atom. The average Bonchev–Trinajstić information content (AvgIpc) is 2.94. The van der Waals surface area contributed by atoms with Crippen molar-refractivity contribution in [3.63, 3.8) is 0 Å². The number of nitrogens with zero attached hydrogens (tertiary/aromatic N) is 2. The maximum absolute atomic E-state index is 10.4. The molecule has 0 fully saturated rings. The van der Waals surface area contributed by atoms with Crippen molar-refractivity contribution >= 4 is 17.3 Å². The zero-order chi connectivity index (χ0) is 12.1. The Balaban J connectivity index is 1.93. The van der Waals surface area contributed by atoms with Gasteiger partial charge in [0.15, 0.2) is 0 Å². The van der Waals surface area contributed by atoms with Gasteiger partial charge in [0.05, 0.1) is 4.88 Å². The van der Waals surface area contributed by atoms with Gasteiger partial charge in [0, 0.05) is 25.4 Å². The molecule has 1 N–H and O–H groups in total. The van der Waals surface area contributed by atoms with E-state index in [4.69, 9.17) is 5.11 Å². The Bertz CT molecular complexity index is 476. The van der Waals surface area contributed by atoms with Crippen molar-refractivity contribution < 1.29 is 9.90 Å². The van der Waals surface area contributed by atoms with E-state index in [9.17, 15) is 4.79 Å². The fourth-order valence-corrected chi connectivity index (χ4v) is 2.42. The van der Waals surface area contributed by atoms with E-state index in [1.165, 1.54) is 0 Å². The van der Waals surface area contributed by atoms with E-state index >= 15 is 0 Å². The number of aryl methyl sites for hydroxylation is 1. The Morgan fingerprint density at radius 2 is 2.35 bits per heavy atom. The number of rotatable bonds is 6. The van der Waals surface area contributed by atoms with E-state index in [0.717, 1.165) is 23.7 Å². The third kappa shape index (κ3) is 3.17. The highest BCUT2D eigenvalue weighted by Gasteiger charge is 2.06. The molecule has 0 bridgehead atoms. The van der Waals surface area contributed by atoms with E-state index in [2.05, 4.69) is 9.55 Å². The molecule has 2 aromatic heterocycles. The molecule has 5 heteroatoms. The summed E-state index contributed by atoms with van der Waals surface area (Å²) in [4.78, 5) is 15.9. The monoisotopic (exact) mass is 250 g/mol. The first-order valence-corrected chi connectivity index (χ1v) is 6.42. The number of unbranched alkanes of at least 4 members (excludes halogenated alkanes) is 1. The van der Waals surface area contributed by atoms with Gasteiger partial charge in [-0.25, -0.2) is 4.98 Å². The van der Waals surface area contributed by atoms with Crippen molar-refractivity contribution in [2.45, 2.75) is 25.8 Å². The van der Waals surface area contributed by atoms with Gasteiger partial charge in [-0.05, 0) is 24.3 Å². The molecule has 2 aromatic rings. The van der Waals surface area contributed by atoms with Gasteiger partial charge in [0.2, 0.25) is 0 Å². The summed E-state index contributed by atoms with van der Waals surface area (Å²) >= 11 is 1.66. The number of hydrogen-bond acceptors (Lipinski definition) is 3. The first kappa shape index (κ1) is 11.9. The molecule has 0 unspecified atom stereocenters. The molecule has 0 aliphatic rings. The van der Waals surface area contributed by atoms with Gasteiger partial charge in [0.1, 0.15) is 5.82 Å². The maximum atomic E-state index is 10.4. The summed E-state index contributed by atoms with van der Waals surface area (Å²) in [6.07, 6.45) is 5.53. The number of aromatic nitrogens is 2. The molecule has 90 valence electrons. The molecule has 0 aliphatic heterocycles. The molecule has 4 nitrogen and oxygen atoms in total. The highest BCUT2D eigenvalue weighted by molar-refractivity contribution is 7.13. The van der Waals surface area contributed by atoms with E-state index < -0.39 is 5.97 Å². The Hall–Kier alpha value is -1.62. The third-order valence-electron chi connectivity index (χ3n) is 2.50. The molecule has 0 spiro atoms. The Labute approximate surface area is 104 Å². The van der Waals surface area contributed by atoms with Crippen molar-refractivity contribution in [1.82, 2.24) is 9.55 Å². The molecule has 0 saturated heterocycles. The number of aliphatic carboxylic acids is 1. The van der Waals surface area contributed by atoms with Gasteiger partial charge in [-0.1, -0.05) is 6.07 Å². The van der Waals surface area contributed by atoms with E-state index in [-0.39, 0.29) is 6.42 Å². The Kier molecular flexibility index (Phi) is 3.93. The van der Waals surface area contributed by atoms with E-state index in [1.54, 1.807) is 17.5 Å². The normalized spacial score (nSPS) is 10.6. The zero-order valence-corrected chi connectivity index (χ0v) is 10.2. The lowest BCUT2D eigenvalue weighted by molar-refractivity contribution is -0.137. The predicted octanol–water partition coefficient (Wildman–Crippen LogP) is 2.87. The lowest BCUT2D eigenvalue weighted by Crippen LogP contribution is -2.00. The molecule has 0 amide bonds. The number of thiophene rings is 1. The summed E-state index contributed by atoms with van der Waals surface area (Å²) in [5.74, 6) is 0.240. The van der Waals surface area contributed by atoms with Gasteiger partial charge < -0.3 is 9.67 Å². The van der Waals surface area contributed by atoms with Crippen LogP contribution >= 0.6 is 11.3 Å². The summed E-state index contributed by atoms with van der Waals surface area (Å²) in [6, 6.07) is 4.05. The minimum atomic E-state index is -0.728. The van der Waals surface area contributed by atoms with Crippen LogP contribution in [0.5, 0.6) is 0 Å². The van der Waals surface area contributed by atoms with Crippen LogP contribution in [0.4, 0.5) is 0 Å². The summed E-state index contributed by atoms with van der Waals surface area (Å²) in [7, 11) is 0. The predicted molar refractivity (Wildman–Crippen MR) is 67.0 cm³/mol. The van der Waals surface area contributed by atoms with Crippen LogP contribution < -0.4 is 0 Å². The van der Waals surface area contributed by atoms with Gasteiger partial charge in [-0.2, -0.15) is 0 Å². The van der Waals surface area contributed by atoms with Crippen LogP contribution in [-0.2, 0) is 11.3 Å². The van der Waals surface area contributed by atoms with Crippen molar-refractivity contribution in [3.8, 4) is 10.7 Å². The van der Waals surface area contributed by atoms with Crippen LogP contribution in [0.3, 0.4) is 0 Å². The second kappa shape index (κ2) is 5.63. The van der Waals surface area contributed by atoms with Crippen LogP contribution in [-0.4, -0.2) is 20.6 Å². The molecule has 2 heterocycles. The molecule has 0 saturated carbocycles. The van der Waals surface area contributed by atoms with Crippen molar-refractivity contribution in [3.05, 3.63) is 29.9 Å². The molecular formula is C12H14N2O2S.